The Morgan fingerprint density at radius 3 is 1.49 bits per heavy atom. The Hall–Kier alpha value is -1.69. The van der Waals surface area contributed by atoms with Crippen molar-refractivity contribution in [1.82, 2.24) is 10.6 Å². The van der Waals surface area contributed by atoms with E-state index in [2.05, 4.69) is 17.6 Å². The van der Waals surface area contributed by atoms with Crippen LogP contribution in [0.15, 0.2) is 29.2 Å². The molecule has 2 amide bonds. The number of phenolic OH excluding ortho intramolecular Hbond substituents is 1. The standard InChI is InChI=1S/C29H50N2O3S/c1-2-3-4-5-6-10-13-16-23-30-28(33)29(34)31-24-17-14-11-8-7-9-12-15-18-25-35-27-21-19-26(32)20-22-27/h19-22,32H,2-18,23-25H2,1H3,(H,30,33)(H,31,34). The molecule has 0 saturated heterocycles. The lowest BCUT2D eigenvalue weighted by Gasteiger charge is -2.07. The van der Waals surface area contributed by atoms with Gasteiger partial charge in [0.1, 0.15) is 5.75 Å². The molecule has 0 aliphatic heterocycles. The molecular weight excluding hydrogens is 456 g/mol. The smallest absolute Gasteiger partial charge is 0.309 e. The highest BCUT2D eigenvalue weighted by Crippen LogP contribution is 2.22. The van der Waals surface area contributed by atoms with E-state index in [1.165, 1.54) is 88.4 Å². The molecule has 1 aromatic rings. The summed E-state index contributed by atoms with van der Waals surface area (Å²) < 4.78 is 0. The van der Waals surface area contributed by atoms with E-state index in [1.54, 1.807) is 12.1 Å². The second-order valence-electron chi connectivity index (χ2n) is 9.51. The minimum Gasteiger partial charge on any atom is -0.508 e. The number of hydrogen-bond donors (Lipinski definition) is 3. The number of nitrogens with one attached hydrogen (secondary N) is 2. The number of hydrogen-bond acceptors (Lipinski definition) is 4. The van der Waals surface area contributed by atoms with Crippen LogP contribution in [-0.2, 0) is 9.59 Å². The maximum atomic E-state index is 11.9. The molecular formula is C29H50N2O3S. The fraction of sp³-hybridized carbons (Fsp3) is 0.724. The van der Waals surface area contributed by atoms with Crippen LogP contribution in [-0.4, -0.2) is 35.8 Å². The first kappa shape index (κ1) is 31.3. The van der Waals surface area contributed by atoms with E-state index in [9.17, 15) is 14.7 Å². The normalized spacial score (nSPS) is 10.9. The zero-order chi connectivity index (χ0) is 25.4. The van der Waals surface area contributed by atoms with Crippen LogP contribution >= 0.6 is 11.8 Å². The van der Waals surface area contributed by atoms with E-state index in [0.717, 1.165) is 31.4 Å². The molecule has 1 rings (SSSR count). The van der Waals surface area contributed by atoms with E-state index >= 15 is 0 Å². The van der Waals surface area contributed by atoms with Gasteiger partial charge in [-0.1, -0.05) is 96.8 Å². The molecule has 0 spiro atoms. The van der Waals surface area contributed by atoms with Gasteiger partial charge in [-0.3, -0.25) is 9.59 Å². The summed E-state index contributed by atoms with van der Waals surface area (Å²) in [6.07, 6.45) is 20.7. The van der Waals surface area contributed by atoms with Crippen LogP contribution in [0.1, 0.15) is 116 Å². The summed E-state index contributed by atoms with van der Waals surface area (Å²) in [5, 5.41) is 14.8. The van der Waals surface area contributed by atoms with Crippen LogP contribution in [0.2, 0.25) is 0 Å². The van der Waals surface area contributed by atoms with Crippen molar-refractivity contribution in [3.63, 3.8) is 0 Å². The largest absolute Gasteiger partial charge is 0.508 e. The summed E-state index contributed by atoms with van der Waals surface area (Å²) in [6, 6.07) is 7.43. The number of aromatic hydroxyl groups is 1. The van der Waals surface area contributed by atoms with Crippen molar-refractivity contribution in [3.8, 4) is 5.75 Å². The van der Waals surface area contributed by atoms with Crippen LogP contribution in [0.4, 0.5) is 0 Å². The second-order valence-corrected chi connectivity index (χ2v) is 10.7. The topological polar surface area (TPSA) is 78.4 Å². The molecule has 6 heteroatoms. The molecule has 0 aromatic heterocycles. The molecule has 0 unspecified atom stereocenters. The number of thioether (sulfide) groups is 1. The van der Waals surface area contributed by atoms with E-state index < -0.39 is 11.8 Å². The van der Waals surface area contributed by atoms with E-state index in [0.29, 0.717) is 18.8 Å². The second kappa shape index (κ2) is 22.8. The average molecular weight is 507 g/mol. The molecule has 35 heavy (non-hydrogen) atoms. The summed E-state index contributed by atoms with van der Waals surface area (Å²) in [5.74, 6) is 0.474. The molecule has 0 bridgehead atoms. The minimum atomic E-state index is -0.492. The first-order valence-corrected chi connectivity index (χ1v) is 15.1. The molecule has 0 aliphatic carbocycles. The van der Waals surface area contributed by atoms with Gasteiger partial charge in [-0.15, -0.1) is 11.8 Å². The molecule has 1 aromatic carbocycles. The van der Waals surface area contributed by atoms with Crippen LogP contribution in [0, 0.1) is 0 Å². The van der Waals surface area contributed by atoms with Crippen LogP contribution < -0.4 is 10.6 Å². The van der Waals surface area contributed by atoms with Gasteiger partial charge in [0.2, 0.25) is 0 Å². The van der Waals surface area contributed by atoms with Crippen LogP contribution in [0.25, 0.3) is 0 Å². The van der Waals surface area contributed by atoms with Gasteiger partial charge in [-0.2, -0.15) is 0 Å². The van der Waals surface area contributed by atoms with E-state index in [1.807, 2.05) is 23.9 Å². The number of carbonyl (C=O) groups excluding carboxylic acids is 2. The minimum absolute atomic E-state index is 0.325. The third kappa shape index (κ3) is 19.2. The van der Waals surface area contributed by atoms with Crippen LogP contribution in [0.3, 0.4) is 0 Å². The summed E-state index contributed by atoms with van der Waals surface area (Å²) in [6.45, 7) is 3.41. The van der Waals surface area contributed by atoms with Crippen LogP contribution in [0.5, 0.6) is 5.75 Å². The highest BCUT2D eigenvalue weighted by Gasteiger charge is 2.11. The molecule has 200 valence electrons. The van der Waals surface area contributed by atoms with Crippen molar-refractivity contribution >= 4 is 23.6 Å². The third-order valence-electron chi connectivity index (χ3n) is 6.23. The van der Waals surface area contributed by atoms with Crippen molar-refractivity contribution < 1.29 is 14.7 Å². The van der Waals surface area contributed by atoms with Crippen molar-refractivity contribution in [1.29, 1.82) is 0 Å². The van der Waals surface area contributed by atoms with Crippen molar-refractivity contribution in [2.45, 2.75) is 121 Å². The van der Waals surface area contributed by atoms with Crippen molar-refractivity contribution in [2.75, 3.05) is 18.8 Å². The first-order chi connectivity index (χ1) is 17.1. The number of unbranched alkanes of at least 4 members (excludes halogenated alkanes) is 15. The monoisotopic (exact) mass is 506 g/mol. The van der Waals surface area contributed by atoms with Gasteiger partial charge in [0.05, 0.1) is 0 Å². The molecule has 0 fully saturated rings. The molecule has 0 saturated carbocycles. The average Bonchev–Trinajstić information content (AvgIpc) is 2.86. The number of rotatable bonds is 22. The Balaban J connectivity index is 1.80. The highest BCUT2D eigenvalue weighted by atomic mass is 32.2. The van der Waals surface area contributed by atoms with Gasteiger partial charge in [-0.05, 0) is 49.3 Å². The zero-order valence-electron chi connectivity index (χ0n) is 22.1. The molecule has 0 atom stereocenters. The number of phenols is 1. The van der Waals surface area contributed by atoms with E-state index in [-0.39, 0.29) is 0 Å². The Morgan fingerprint density at radius 1 is 0.629 bits per heavy atom. The summed E-state index contributed by atoms with van der Waals surface area (Å²) in [4.78, 5) is 24.9. The molecule has 3 N–H and O–H groups in total. The molecule has 0 aliphatic rings. The SMILES string of the molecule is CCCCCCCCCCNC(=O)C(=O)NCCCCCCCCCCCSc1ccc(O)cc1. The van der Waals surface area contributed by atoms with Gasteiger partial charge >= 0.3 is 11.8 Å². The Bertz CT molecular complexity index is 652. The lowest BCUT2D eigenvalue weighted by Crippen LogP contribution is -2.40. The summed E-state index contributed by atoms with van der Waals surface area (Å²) >= 11 is 1.86. The zero-order valence-corrected chi connectivity index (χ0v) is 22.9. The van der Waals surface area contributed by atoms with Gasteiger partial charge < -0.3 is 15.7 Å². The predicted octanol–water partition coefficient (Wildman–Crippen LogP) is 7.37. The predicted molar refractivity (Wildman–Crippen MR) is 149 cm³/mol. The quantitative estimate of drug-likeness (QED) is 0.0871. The fourth-order valence-corrected chi connectivity index (χ4v) is 4.93. The number of amides is 2. The molecule has 0 heterocycles. The fourth-order valence-electron chi connectivity index (χ4n) is 4.02. The van der Waals surface area contributed by atoms with Crippen molar-refractivity contribution in [3.05, 3.63) is 24.3 Å². The van der Waals surface area contributed by atoms with Gasteiger partial charge in [-0.25, -0.2) is 0 Å². The summed E-state index contributed by atoms with van der Waals surface area (Å²) in [7, 11) is 0. The maximum Gasteiger partial charge on any atom is 0.309 e. The van der Waals surface area contributed by atoms with Gasteiger partial charge in [0.25, 0.3) is 0 Å². The molecule has 5 nitrogen and oxygen atoms in total. The first-order valence-electron chi connectivity index (χ1n) is 14.1. The van der Waals surface area contributed by atoms with Crippen molar-refractivity contribution in [2.24, 2.45) is 0 Å². The lowest BCUT2D eigenvalue weighted by molar-refractivity contribution is -0.139. The Kier molecular flexibility index (Phi) is 20.4. The maximum absolute atomic E-state index is 11.9. The van der Waals surface area contributed by atoms with Gasteiger partial charge in [0.15, 0.2) is 0 Å². The third-order valence-corrected chi connectivity index (χ3v) is 7.33. The highest BCUT2D eigenvalue weighted by molar-refractivity contribution is 7.99. The Labute approximate surface area is 218 Å². The number of benzene rings is 1. The summed E-state index contributed by atoms with van der Waals surface area (Å²) in [5.41, 5.74) is 0. The van der Waals surface area contributed by atoms with E-state index in [4.69, 9.17) is 0 Å². The molecule has 0 radical (unpaired) electrons. The lowest BCUT2D eigenvalue weighted by atomic mass is 10.1. The number of carbonyl (C=O) groups is 2. The Morgan fingerprint density at radius 2 is 1.03 bits per heavy atom. The van der Waals surface area contributed by atoms with Gasteiger partial charge in [0, 0.05) is 18.0 Å².